The van der Waals surface area contributed by atoms with Crippen LogP contribution in [0.5, 0.6) is 11.5 Å². The van der Waals surface area contributed by atoms with Crippen molar-refractivity contribution < 1.29 is 14.3 Å². The van der Waals surface area contributed by atoms with Gasteiger partial charge in [-0.1, -0.05) is 6.58 Å². The van der Waals surface area contributed by atoms with Gasteiger partial charge in [0.2, 0.25) is 11.9 Å². The van der Waals surface area contributed by atoms with E-state index in [4.69, 9.17) is 9.47 Å². The summed E-state index contributed by atoms with van der Waals surface area (Å²) < 4.78 is 10.7. The molecule has 2 aromatic carbocycles. The van der Waals surface area contributed by atoms with E-state index in [0.29, 0.717) is 40.8 Å². The molecule has 1 fully saturated rings. The van der Waals surface area contributed by atoms with Crippen molar-refractivity contribution in [1.82, 2.24) is 14.9 Å². The van der Waals surface area contributed by atoms with E-state index in [1.54, 1.807) is 20.3 Å². The minimum absolute atomic E-state index is 0.265. The number of likely N-dealkylation sites (N-methyl/N-ethyl adjacent to an activating group) is 1. The maximum atomic E-state index is 12.2. The summed E-state index contributed by atoms with van der Waals surface area (Å²) in [6, 6.07) is 13.5. The first-order chi connectivity index (χ1) is 18.9. The highest BCUT2D eigenvalue weighted by Crippen LogP contribution is 2.31. The Kier molecular flexibility index (Phi) is 8.81. The summed E-state index contributed by atoms with van der Waals surface area (Å²) >= 11 is 0. The number of anilines is 5. The summed E-state index contributed by atoms with van der Waals surface area (Å²) in [7, 11) is 5.28. The average Bonchev–Trinajstić information content (AvgIpc) is 2.97. The molecule has 3 N–H and O–H groups in total. The largest absolute Gasteiger partial charge is 0.497 e. The number of hydrogen-bond donors (Lipinski definition) is 3. The number of amides is 1. The van der Waals surface area contributed by atoms with Gasteiger partial charge < -0.3 is 35.2 Å². The van der Waals surface area contributed by atoms with Crippen LogP contribution in [0.1, 0.15) is 11.1 Å². The summed E-state index contributed by atoms with van der Waals surface area (Å²) in [5, 5.41) is 18.9. The second-order valence-electron chi connectivity index (χ2n) is 8.98. The van der Waals surface area contributed by atoms with Crippen molar-refractivity contribution in [3.8, 4) is 17.6 Å². The standard InChI is InChI=1S/C28H32N8O3/c1-5-26(37)32-25-14-21(36-10-8-35(2)9-11-36)6-7-24(25)33-28-31-18-20(16-29)27(34-28)30-17-19-12-22(38-3)15-23(13-19)39-4/h5-7,12-15,18H,1,8-11,17H2,2-4H3,(H,32,37)(H2,30,31,33,34). The van der Waals surface area contributed by atoms with Crippen LogP contribution < -0.4 is 30.3 Å². The van der Waals surface area contributed by atoms with Gasteiger partial charge in [0, 0.05) is 44.5 Å². The Bertz CT molecular complexity index is 1360. The van der Waals surface area contributed by atoms with Crippen LogP contribution in [0.2, 0.25) is 0 Å². The maximum Gasteiger partial charge on any atom is 0.247 e. The first kappa shape index (κ1) is 27.2. The zero-order valence-electron chi connectivity index (χ0n) is 22.3. The molecule has 0 spiro atoms. The third kappa shape index (κ3) is 6.94. The number of ether oxygens (including phenoxy) is 2. The number of carbonyl (C=O) groups is 1. The number of nitrogens with one attached hydrogen (secondary N) is 3. The fourth-order valence-corrected chi connectivity index (χ4v) is 4.12. The molecule has 39 heavy (non-hydrogen) atoms. The highest BCUT2D eigenvalue weighted by Gasteiger charge is 2.17. The first-order valence-corrected chi connectivity index (χ1v) is 12.4. The second-order valence-corrected chi connectivity index (χ2v) is 8.98. The van der Waals surface area contributed by atoms with E-state index >= 15 is 0 Å². The Morgan fingerprint density at radius 3 is 2.46 bits per heavy atom. The number of methoxy groups -OCH3 is 2. The Morgan fingerprint density at radius 1 is 1.10 bits per heavy atom. The average molecular weight is 529 g/mol. The summed E-state index contributed by atoms with van der Waals surface area (Å²) in [4.78, 5) is 25.6. The van der Waals surface area contributed by atoms with Crippen LogP contribution >= 0.6 is 0 Å². The fourth-order valence-electron chi connectivity index (χ4n) is 4.12. The van der Waals surface area contributed by atoms with Crippen LogP contribution in [0.4, 0.5) is 28.8 Å². The van der Waals surface area contributed by atoms with Crippen LogP contribution in [0, 0.1) is 11.3 Å². The van der Waals surface area contributed by atoms with Gasteiger partial charge in [0.05, 0.1) is 31.8 Å². The van der Waals surface area contributed by atoms with E-state index in [1.807, 2.05) is 30.3 Å². The van der Waals surface area contributed by atoms with Crippen molar-refractivity contribution in [2.24, 2.45) is 0 Å². The van der Waals surface area contributed by atoms with Gasteiger partial charge in [0.15, 0.2) is 0 Å². The normalized spacial score (nSPS) is 13.2. The van der Waals surface area contributed by atoms with Crippen molar-refractivity contribution in [2.45, 2.75) is 6.54 Å². The molecule has 2 heterocycles. The number of benzene rings is 2. The van der Waals surface area contributed by atoms with Crippen LogP contribution in [-0.4, -0.2) is 68.2 Å². The zero-order chi connectivity index (χ0) is 27.8. The van der Waals surface area contributed by atoms with Crippen LogP contribution in [0.15, 0.2) is 55.3 Å². The predicted molar refractivity (Wildman–Crippen MR) is 152 cm³/mol. The third-order valence-corrected chi connectivity index (χ3v) is 6.34. The Hall–Kier alpha value is -4.82. The van der Waals surface area contributed by atoms with Gasteiger partial charge in [-0.15, -0.1) is 0 Å². The molecule has 1 aromatic heterocycles. The van der Waals surface area contributed by atoms with Gasteiger partial charge in [-0.05, 0) is 49.0 Å². The van der Waals surface area contributed by atoms with E-state index < -0.39 is 0 Å². The molecule has 4 rings (SSSR count). The van der Waals surface area contributed by atoms with Gasteiger partial charge in [-0.25, -0.2) is 4.98 Å². The molecule has 0 bridgehead atoms. The molecule has 1 amide bonds. The van der Waals surface area contributed by atoms with Gasteiger partial charge in [0.1, 0.15) is 28.9 Å². The SMILES string of the molecule is C=CC(=O)Nc1cc(N2CCN(C)CC2)ccc1Nc1ncc(C#N)c(NCc2cc(OC)cc(OC)c2)n1. The number of nitriles is 1. The summed E-state index contributed by atoms with van der Waals surface area (Å²) in [5.74, 6) is 1.62. The smallest absolute Gasteiger partial charge is 0.247 e. The molecular weight excluding hydrogens is 496 g/mol. The van der Waals surface area contributed by atoms with Gasteiger partial charge in [0.25, 0.3) is 0 Å². The molecule has 3 aromatic rings. The van der Waals surface area contributed by atoms with E-state index in [0.717, 1.165) is 37.4 Å². The summed E-state index contributed by atoms with van der Waals surface area (Å²) in [5.41, 5.74) is 3.36. The molecule has 1 aliphatic rings. The minimum atomic E-state index is -0.328. The van der Waals surface area contributed by atoms with Gasteiger partial charge in [-0.3, -0.25) is 4.79 Å². The first-order valence-electron chi connectivity index (χ1n) is 12.4. The van der Waals surface area contributed by atoms with Gasteiger partial charge >= 0.3 is 0 Å². The van der Waals surface area contributed by atoms with Crippen molar-refractivity contribution >= 4 is 34.7 Å². The number of carbonyl (C=O) groups excluding carboxylic acids is 1. The quantitative estimate of drug-likeness (QED) is 0.336. The number of piperazine rings is 1. The number of rotatable bonds is 10. The Labute approximate surface area is 228 Å². The molecule has 202 valence electrons. The molecule has 0 unspecified atom stereocenters. The van der Waals surface area contributed by atoms with E-state index in [1.165, 1.54) is 12.3 Å². The third-order valence-electron chi connectivity index (χ3n) is 6.34. The maximum absolute atomic E-state index is 12.2. The molecule has 1 aliphatic heterocycles. The molecule has 0 saturated carbocycles. The molecule has 11 nitrogen and oxygen atoms in total. The van der Waals surface area contributed by atoms with Crippen molar-refractivity contribution in [3.05, 3.63) is 66.4 Å². The van der Waals surface area contributed by atoms with E-state index in [-0.39, 0.29) is 11.9 Å². The highest BCUT2D eigenvalue weighted by atomic mass is 16.5. The molecule has 1 saturated heterocycles. The van der Waals surface area contributed by atoms with Gasteiger partial charge in [-0.2, -0.15) is 10.2 Å². The van der Waals surface area contributed by atoms with Crippen molar-refractivity contribution in [3.63, 3.8) is 0 Å². The number of nitrogens with zero attached hydrogens (tertiary/aromatic N) is 5. The second kappa shape index (κ2) is 12.6. The lowest BCUT2D eigenvalue weighted by Gasteiger charge is -2.34. The lowest BCUT2D eigenvalue weighted by molar-refractivity contribution is -0.111. The van der Waals surface area contributed by atoms with E-state index in [9.17, 15) is 10.1 Å². The Morgan fingerprint density at radius 2 is 1.82 bits per heavy atom. The zero-order valence-corrected chi connectivity index (χ0v) is 22.3. The summed E-state index contributed by atoms with van der Waals surface area (Å²) in [6.07, 6.45) is 2.67. The fraction of sp³-hybridized carbons (Fsp3) is 0.286. The topological polar surface area (TPSA) is 128 Å². The molecule has 0 aliphatic carbocycles. The van der Waals surface area contributed by atoms with Crippen molar-refractivity contribution in [1.29, 1.82) is 5.26 Å². The molecule has 0 atom stereocenters. The molecule has 11 heteroatoms. The van der Waals surface area contributed by atoms with Crippen molar-refractivity contribution in [2.75, 3.05) is 68.3 Å². The molecular formula is C28H32N8O3. The lowest BCUT2D eigenvalue weighted by atomic mass is 10.2. The Balaban J connectivity index is 1.57. The van der Waals surface area contributed by atoms with Crippen LogP contribution in [-0.2, 0) is 11.3 Å². The number of hydrogen-bond acceptors (Lipinski definition) is 10. The predicted octanol–water partition coefficient (Wildman–Crippen LogP) is 3.60. The summed E-state index contributed by atoms with van der Waals surface area (Å²) in [6.45, 7) is 7.65. The molecule has 0 radical (unpaired) electrons. The minimum Gasteiger partial charge on any atom is -0.497 e. The van der Waals surface area contributed by atoms with Crippen LogP contribution in [0.3, 0.4) is 0 Å². The monoisotopic (exact) mass is 528 g/mol. The van der Waals surface area contributed by atoms with Crippen LogP contribution in [0.25, 0.3) is 0 Å². The number of aromatic nitrogens is 2. The highest BCUT2D eigenvalue weighted by molar-refractivity contribution is 6.02. The van der Waals surface area contributed by atoms with E-state index in [2.05, 4.69) is 55.4 Å². The lowest BCUT2D eigenvalue weighted by Crippen LogP contribution is -2.44.